The Morgan fingerprint density at radius 2 is 0.618 bits per heavy atom. The molecule has 7 atom stereocenters. The SMILES string of the molecule is CCCCCCCCCCCCCCCCCCCCCCCCC/C=C/C(O)C(COC1OC(CO)C(O)C(O)C1O)NC(=O)CCCCCCCCCCCCCCCCCCCCCCCCCCCCCCCCCCCCCCCCCCC. The molecule has 1 heterocycles. The second-order valence-electron chi connectivity index (χ2n) is 28.6. The average molecular weight is 1260 g/mol. The summed E-state index contributed by atoms with van der Waals surface area (Å²) in [5.41, 5.74) is 0. The van der Waals surface area contributed by atoms with Gasteiger partial charge in [0.05, 0.1) is 25.4 Å². The van der Waals surface area contributed by atoms with Crippen LogP contribution in [0, 0.1) is 0 Å². The molecule has 0 spiro atoms. The number of allylic oxidation sites excluding steroid dienone is 1. The predicted molar refractivity (Wildman–Crippen MR) is 383 cm³/mol. The first kappa shape index (κ1) is 85.9. The van der Waals surface area contributed by atoms with Gasteiger partial charge in [0.1, 0.15) is 24.4 Å². The van der Waals surface area contributed by atoms with Crippen molar-refractivity contribution in [1.82, 2.24) is 5.32 Å². The van der Waals surface area contributed by atoms with Crippen molar-refractivity contribution < 1.29 is 39.8 Å². The lowest BCUT2D eigenvalue weighted by Crippen LogP contribution is -2.60. The summed E-state index contributed by atoms with van der Waals surface area (Å²) in [6.07, 6.45) is 85.2. The highest BCUT2D eigenvalue weighted by atomic mass is 16.7. The Hall–Kier alpha value is -1.07. The first-order chi connectivity index (χ1) is 43.8. The summed E-state index contributed by atoms with van der Waals surface area (Å²) in [4.78, 5) is 13.2. The largest absolute Gasteiger partial charge is 0.394 e. The Morgan fingerprint density at radius 3 is 0.876 bits per heavy atom. The molecule has 6 N–H and O–H groups in total. The van der Waals surface area contributed by atoms with E-state index in [-0.39, 0.29) is 12.5 Å². The maximum Gasteiger partial charge on any atom is 0.220 e. The van der Waals surface area contributed by atoms with Crippen LogP contribution in [-0.2, 0) is 14.3 Å². The summed E-state index contributed by atoms with van der Waals surface area (Å²) in [5, 5.41) is 54.9. The summed E-state index contributed by atoms with van der Waals surface area (Å²) in [6, 6.07) is -0.803. The van der Waals surface area contributed by atoms with E-state index in [4.69, 9.17) is 9.47 Å². The van der Waals surface area contributed by atoms with Crippen LogP contribution >= 0.6 is 0 Å². The Balaban J connectivity index is 2.02. The molecule has 1 amide bonds. The number of aliphatic hydroxyl groups excluding tert-OH is 5. The molecule has 0 aromatic rings. The molecular formula is C80H157NO8. The van der Waals surface area contributed by atoms with E-state index in [1.54, 1.807) is 6.08 Å². The van der Waals surface area contributed by atoms with Crippen LogP contribution in [0.2, 0.25) is 0 Å². The smallest absolute Gasteiger partial charge is 0.220 e. The number of hydrogen-bond donors (Lipinski definition) is 6. The summed E-state index contributed by atoms with van der Waals surface area (Å²) in [5.74, 6) is -0.165. The van der Waals surface area contributed by atoms with Gasteiger partial charge >= 0.3 is 0 Å². The average Bonchev–Trinajstić information content (AvgIpc) is 2.47. The number of nitrogens with one attached hydrogen (secondary N) is 1. The number of hydrogen-bond acceptors (Lipinski definition) is 8. The van der Waals surface area contributed by atoms with Gasteiger partial charge in [-0.15, -0.1) is 0 Å². The van der Waals surface area contributed by atoms with E-state index in [1.807, 2.05) is 6.08 Å². The fraction of sp³-hybridized carbons (Fsp3) is 0.963. The van der Waals surface area contributed by atoms with Gasteiger partial charge in [-0.05, 0) is 19.3 Å². The quantitative estimate of drug-likeness (QED) is 0.0261. The lowest BCUT2D eigenvalue weighted by atomic mass is 9.99. The molecule has 9 heteroatoms. The Bertz CT molecular complexity index is 1410. The molecule has 0 aromatic carbocycles. The third kappa shape index (κ3) is 58.1. The van der Waals surface area contributed by atoms with Gasteiger partial charge in [-0.2, -0.15) is 0 Å². The number of aliphatic hydroxyl groups is 5. The summed E-state index contributed by atoms with van der Waals surface area (Å²) in [7, 11) is 0. The molecule has 9 nitrogen and oxygen atoms in total. The standard InChI is InChI=1S/C80H157NO8/c1-3-5-7-9-11-13-15-17-19-21-23-25-27-29-30-31-32-33-34-35-36-37-38-39-40-41-42-43-44-46-48-50-52-54-56-58-60-62-64-66-68-70-76(84)81-73(72-88-80-79(87)78(86)77(85)75(71-82)89-80)74(83)69-67-65-63-61-59-57-55-53-51-49-47-45-28-26-24-22-20-18-16-14-12-10-8-6-4-2/h67,69,73-75,77-80,82-83,85-87H,3-66,68,70-72H2,1-2H3,(H,81,84)/b69-67+. The molecule has 1 saturated heterocycles. The number of amides is 1. The molecule has 0 bridgehead atoms. The van der Waals surface area contributed by atoms with Crippen molar-refractivity contribution in [2.45, 2.75) is 480 Å². The van der Waals surface area contributed by atoms with Gasteiger partial charge < -0.3 is 40.3 Å². The summed E-state index contributed by atoms with van der Waals surface area (Å²) < 4.78 is 11.3. The summed E-state index contributed by atoms with van der Waals surface area (Å²) >= 11 is 0. The molecule has 0 saturated carbocycles. The molecule has 0 aromatic heterocycles. The highest BCUT2D eigenvalue weighted by Crippen LogP contribution is 2.24. The number of carbonyl (C=O) groups excluding carboxylic acids is 1. The fourth-order valence-corrected chi connectivity index (χ4v) is 13.6. The van der Waals surface area contributed by atoms with E-state index in [1.165, 1.54) is 379 Å². The molecule has 530 valence electrons. The zero-order valence-corrected chi connectivity index (χ0v) is 59.7. The number of ether oxygens (including phenoxy) is 2. The van der Waals surface area contributed by atoms with Crippen molar-refractivity contribution in [3.63, 3.8) is 0 Å². The van der Waals surface area contributed by atoms with Gasteiger partial charge in [0.15, 0.2) is 6.29 Å². The first-order valence-corrected chi connectivity index (χ1v) is 40.4. The number of rotatable bonds is 73. The Labute approximate surface area is 554 Å². The third-order valence-corrected chi connectivity index (χ3v) is 19.9. The van der Waals surface area contributed by atoms with Crippen molar-refractivity contribution >= 4 is 5.91 Å². The molecule has 1 rings (SSSR count). The van der Waals surface area contributed by atoms with Crippen LogP contribution in [0.1, 0.15) is 438 Å². The third-order valence-electron chi connectivity index (χ3n) is 19.9. The van der Waals surface area contributed by atoms with Crippen LogP contribution in [0.3, 0.4) is 0 Å². The second kappa shape index (κ2) is 69.8. The minimum atomic E-state index is -1.57. The highest BCUT2D eigenvalue weighted by molar-refractivity contribution is 5.76. The van der Waals surface area contributed by atoms with E-state index < -0.39 is 49.5 Å². The van der Waals surface area contributed by atoms with Crippen LogP contribution in [0.25, 0.3) is 0 Å². The normalized spacial score (nSPS) is 17.8. The van der Waals surface area contributed by atoms with Gasteiger partial charge in [-0.1, -0.05) is 424 Å². The van der Waals surface area contributed by atoms with Gasteiger partial charge in [0.25, 0.3) is 0 Å². The van der Waals surface area contributed by atoms with E-state index in [0.717, 1.165) is 38.5 Å². The molecular weight excluding hydrogens is 1100 g/mol. The van der Waals surface area contributed by atoms with Crippen molar-refractivity contribution in [3.8, 4) is 0 Å². The van der Waals surface area contributed by atoms with E-state index in [0.29, 0.717) is 6.42 Å². The lowest BCUT2D eigenvalue weighted by molar-refractivity contribution is -0.302. The minimum Gasteiger partial charge on any atom is -0.394 e. The van der Waals surface area contributed by atoms with Crippen LogP contribution in [0.4, 0.5) is 0 Å². The van der Waals surface area contributed by atoms with E-state index in [2.05, 4.69) is 19.2 Å². The molecule has 89 heavy (non-hydrogen) atoms. The zero-order valence-electron chi connectivity index (χ0n) is 59.7. The van der Waals surface area contributed by atoms with Gasteiger partial charge in [0, 0.05) is 6.42 Å². The molecule has 7 unspecified atom stereocenters. The molecule has 0 radical (unpaired) electrons. The molecule has 1 fully saturated rings. The minimum absolute atomic E-state index is 0.165. The lowest BCUT2D eigenvalue weighted by Gasteiger charge is -2.40. The van der Waals surface area contributed by atoms with Crippen LogP contribution in [0.5, 0.6) is 0 Å². The van der Waals surface area contributed by atoms with Gasteiger partial charge in [0.2, 0.25) is 5.91 Å². The fourth-order valence-electron chi connectivity index (χ4n) is 13.6. The monoisotopic (exact) mass is 1260 g/mol. The second-order valence-corrected chi connectivity index (χ2v) is 28.6. The molecule has 0 aliphatic carbocycles. The Kier molecular flexibility index (Phi) is 67.4. The highest BCUT2D eigenvalue weighted by Gasteiger charge is 2.44. The number of carbonyl (C=O) groups is 1. The van der Waals surface area contributed by atoms with E-state index >= 15 is 0 Å². The Morgan fingerprint density at radius 1 is 0.371 bits per heavy atom. The maximum atomic E-state index is 13.2. The van der Waals surface area contributed by atoms with Crippen molar-refractivity contribution in [1.29, 1.82) is 0 Å². The predicted octanol–water partition coefficient (Wildman–Crippen LogP) is 23.0. The van der Waals surface area contributed by atoms with Crippen molar-refractivity contribution in [3.05, 3.63) is 12.2 Å². The molecule has 1 aliphatic rings. The molecule has 1 aliphatic heterocycles. The van der Waals surface area contributed by atoms with Crippen LogP contribution in [-0.4, -0.2) is 87.5 Å². The first-order valence-electron chi connectivity index (χ1n) is 40.4. The maximum absolute atomic E-state index is 13.2. The van der Waals surface area contributed by atoms with Gasteiger partial charge in [-0.25, -0.2) is 0 Å². The van der Waals surface area contributed by atoms with Crippen molar-refractivity contribution in [2.24, 2.45) is 0 Å². The van der Waals surface area contributed by atoms with Crippen LogP contribution < -0.4 is 5.32 Å². The van der Waals surface area contributed by atoms with Crippen LogP contribution in [0.15, 0.2) is 12.2 Å². The zero-order chi connectivity index (χ0) is 64.2. The van der Waals surface area contributed by atoms with Crippen molar-refractivity contribution in [2.75, 3.05) is 13.2 Å². The van der Waals surface area contributed by atoms with Gasteiger partial charge in [-0.3, -0.25) is 4.79 Å². The topological polar surface area (TPSA) is 149 Å². The van der Waals surface area contributed by atoms with E-state index in [9.17, 15) is 30.3 Å². The number of unbranched alkanes of at least 4 members (excludes halogenated alkanes) is 63. The summed E-state index contributed by atoms with van der Waals surface area (Å²) in [6.45, 7) is 3.86.